The number of H-pyrrole nitrogens is 1. The van der Waals surface area contributed by atoms with Gasteiger partial charge in [-0.1, -0.05) is 33.4 Å². The van der Waals surface area contributed by atoms with Gasteiger partial charge in [-0.05, 0) is 13.8 Å². The number of halogens is 3. The second-order valence-electron chi connectivity index (χ2n) is 10.3. The Morgan fingerprint density at radius 1 is 1.41 bits per heavy atom. The standard InChI is InChI=1S/C26H35F3N6O7S2/c1-25(2,12-30-23(38)26(27,28)29)44-43-15-40-8-6-7-16-10-35(19-9-17(41-14-39-5)18(11-36)42-19)21-20(16)22(37)33-24(32-21)31-13-34(3)4/h10,13,17-19,36H,8-9,11-12,14-15H2,1-5H3,(H,30,38)(H,32,33,37)/t17-,18-,19-/m1/s1. The lowest BCUT2D eigenvalue weighted by Gasteiger charge is -2.23. The van der Waals surface area contributed by atoms with Crippen molar-refractivity contribution in [3.8, 4) is 11.8 Å². The summed E-state index contributed by atoms with van der Waals surface area (Å²) in [6.45, 7) is 2.95. The predicted molar refractivity (Wildman–Crippen MR) is 161 cm³/mol. The van der Waals surface area contributed by atoms with Crippen molar-refractivity contribution < 1.29 is 42.0 Å². The molecule has 44 heavy (non-hydrogen) atoms. The van der Waals surface area contributed by atoms with Crippen LogP contribution in [0.5, 0.6) is 0 Å². The molecule has 3 heterocycles. The zero-order valence-electron chi connectivity index (χ0n) is 24.8. The molecule has 1 aliphatic rings. The minimum absolute atomic E-state index is 0.00145. The number of hydrogen-bond acceptors (Lipinski definition) is 11. The van der Waals surface area contributed by atoms with E-state index in [-0.39, 0.29) is 49.5 Å². The molecular formula is C26H35F3N6O7S2. The van der Waals surface area contributed by atoms with Crippen LogP contribution in [0.4, 0.5) is 19.1 Å². The summed E-state index contributed by atoms with van der Waals surface area (Å²) < 4.78 is 60.4. The van der Waals surface area contributed by atoms with Crippen LogP contribution in [0, 0.1) is 11.8 Å². The Bertz CT molecular complexity index is 1420. The van der Waals surface area contributed by atoms with Crippen molar-refractivity contribution in [2.75, 3.05) is 53.7 Å². The molecule has 1 aliphatic heterocycles. The number of nitrogens with one attached hydrogen (secondary N) is 2. The summed E-state index contributed by atoms with van der Waals surface area (Å²) in [5.41, 5.74) is 0.195. The maximum absolute atomic E-state index is 13.1. The van der Waals surface area contributed by atoms with Gasteiger partial charge in [0.25, 0.3) is 5.56 Å². The Morgan fingerprint density at radius 3 is 2.82 bits per heavy atom. The maximum atomic E-state index is 13.1. The van der Waals surface area contributed by atoms with Crippen molar-refractivity contribution in [1.29, 1.82) is 0 Å². The zero-order valence-corrected chi connectivity index (χ0v) is 26.4. The van der Waals surface area contributed by atoms with Crippen LogP contribution in [-0.4, -0.2) is 114 Å². The summed E-state index contributed by atoms with van der Waals surface area (Å²) in [4.78, 5) is 37.2. The minimum atomic E-state index is -4.93. The number of aromatic amines is 1. The van der Waals surface area contributed by atoms with Crippen molar-refractivity contribution in [3.05, 3.63) is 22.1 Å². The molecule has 2 aromatic rings. The smallest absolute Gasteiger partial charge is 0.394 e. The number of methoxy groups -OCH3 is 1. The van der Waals surface area contributed by atoms with Crippen molar-refractivity contribution >= 4 is 50.8 Å². The van der Waals surface area contributed by atoms with Gasteiger partial charge < -0.3 is 38.8 Å². The number of aliphatic hydroxyl groups is 1. The Labute approximate surface area is 259 Å². The Morgan fingerprint density at radius 2 is 2.16 bits per heavy atom. The predicted octanol–water partition coefficient (Wildman–Crippen LogP) is 2.38. The van der Waals surface area contributed by atoms with Crippen LogP contribution in [0.1, 0.15) is 32.1 Å². The number of nitrogens with zero attached hydrogens (tertiary/aromatic N) is 4. The van der Waals surface area contributed by atoms with Crippen LogP contribution in [0.2, 0.25) is 0 Å². The highest BCUT2D eigenvalue weighted by Gasteiger charge is 2.39. The van der Waals surface area contributed by atoms with Gasteiger partial charge in [0.05, 0.1) is 30.0 Å². The quantitative estimate of drug-likeness (QED) is 0.0682. The molecule has 3 N–H and O–H groups in total. The van der Waals surface area contributed by atoms with Gasteiger partial charge in [0.2, 0.25) is 5.95 Å². The topological polar surface area (TPSA) is 153 Å². The van der Waals surface area contributed by atoms with Crippen molar-refractivity contribution in [2.24, 2.45) is 4.99 Å². The molecule has 0 spiro atoms. The highest BCUT2D eigenvalue weighted by molar-refractivity contribution is 8.77. The third kappa shape index (κ3) is 10.1. The number of carbonyl (C=O) groups is 1. The van der Waals surface area contributed by atoms with Gasteiger partial charge in [0, 0.05) is 45.1 Å². The molecule has 18 heteroatoms. The number of aliphatic hydroxyl groups excluding tert-OH is 1. The second-order valence-corrected chi connectivity index (χ2v) is 13.3. The normalized spacial score (nSPS) is 19.0. The number of alkyl halides is 3. The summed E-state index contributed by atoms with van der Waals surface area (Å²) in [7, 11) is 7.56. The molecule has 0 saturated carbocycles. The van der Waals surface area contributed by atoms with Crippen LogP contribution in [0.3, 0.4) is 0 Å². The van der Waals surface area contributed by atoms with E-state index in [0.29, 0.717) is 12.0 Å². The van der Waals surface area contributed by atoms with E-state index in [1.54, 1.807) is 43.6 Å². The first-order valence-corrected chi connectivity index (χ1v) is 15.5. The third-order valence-electron chi connectivity index (χ3n) is 5.90. The highest BCUT2D eigenvalue weighted by atomic mass is 33.1. The zero-order chi connectivity index (χ0) is 32.5. The molecule has 0 bridgehead atoms. The number of aliphatic imine (C=N–C) groups is 1. The summed E-state index contributed by atoms with van der Waals surface area (Å²) in [6, 6.07) is 0. The summed E-state index contributed by atoms with van der Waals surface area (Å²) in [5, 5.41) is 11.9. The lowest BCUT2D eigenvalue weighted by molar-refractivity contribution is -0.173. The minimum Gasteiger partial charge on any atom is -0.394 e. The van der Waals surface area contributed by atoms with E-state index in [4.69, 9.17) is 18.9 Å². The number of ether oxygens (including phenoxy) is 4. The third-order valence-corrected chi connectivity index (χ3v) is 8.87. The number of aromatic nitrogens is 3. The average Bonchev–Trinajstić information content (AvgIpc) is 3.53. The van der Waals surface area contributed by atoms with Crippen LogP contribution in [0.25, 0.3) is 11.0 Å². The first-order valence-electron chi connectivity index (χ1n) is 13.2. The summed E-state index contributed by atoms with van der Waals surface area (Å²) in [6.07, 6.45) is -3.15. The van der Waals surface area contributed by atoms with Gasteiger partial charge >= 0.3 is 12.1 Å². The largest absolute Gasteiger partial charge is 0.471 e. The van der Waals surface area contributed by atoms with E-state index in [1.807, 2.05) is 5.32 Å². The molecule has 244 valence electrons. The van der Waals surface area contributed by atoms with Crippen LogP contribution >= 0.6 is 21.6 Å². The Kier molecular flexibility index (Phi) is 13.0. The number of hydrogen-bond donors (Lipinski definition) is 3. The lowest BCUT2D eigenvalue weighted by atomic mass is 10.2. The number of fused-ring (bicyclic) bond motifs is 1. The highest BCUT2D eigenvalue weighted by Crippen LogP contribution is 2.36. The SMILES string of the molecule is COCO[C@@H]1C[C@H](n2cc(C#CCOCSSC(C)(C)CNC(=O)C(F)(F)F)c3c(=O)[nH]c(N=CN(C)C)nc32)O[C@@H]1CO. The van der Waals surface area contributed by atoms with E-state index in [1.165, 1.54) is 35.0 Å². The average molecular weight is 665 g/mol. The van der Waals surface area contributed by atoms with E-state index in [0.717, 1.165) is 0 Å². The molecule has 2 aromatic heterocycles. The molecule has 13 nitrogen and oxygen atoms in total. The lowest BCUT2D eigenvalue weighted by Crippen LogP contribution is -2.42. The van der Waals surface area contributed by atoms with Crippen LogP contribution < -0.4 is 10.9 Å². The Hall–Kier alpha value is -2.79. The fourth-order valence-electron chi connectivity index (χ4n) is 3.92. The molecule has 0 radical (unpaired) electrons. The molecule has 3 atom stereocenters. The van der Waals surface area contributed by atoms with E-state index in [2.05, 4.69) is 26.8 Å². The van der Waals surface area contributed by atoms with Gasteiger partial charge in [-0.2, -0.15) is 18.2 Å². The Balaban J connectivity index is 1.72. The number of rotatable bonds is 14. The molecule has 1 fully saturated rings. The number of carbonyl (C=O) groups excluding carboxylic acids is 1. The van der Waals surface area contributed by atoms with Crippen molar-refractivity contribution in [3.63, 3.8) is 0 Å². The van der Waals surface area contributed by atoms with Crippen LogP contribution in [-0.2, 0) is 23.7 Å². The molecular weight excluding hydrogens is 629 g/mol. The van der Waals surface area contributed by atoms with Gasteiger partial charge in [0.15, 0.2) is 5.65 Å². The molecule has 1 amide bonds. The molecule has 0 unspecified atom stereocenters. The first-order chi connectivity index (χ1) is 20.8. The second kappa shape index (κ2) is 16.0. The summed E-state index contributed by atoms with van der Waals surface area (Å²) in [5.74, 6) is 4.07. The molecule has 0 aromatic carbocycles. The molecule has 3 rings (SSSR count). The molecule has 0 aliphatic carbocycles. The fraction of sp³-hybridized carbons (Fsp3) is 0.615. The van der Waals surface area contributed by atoms with Gasteiger partial charge in [0.1, 0.15) is 31.7 Å². The maximum Gasteiger partial charge on any atom is 0.471 e. The van der Waals surface area contributed by atoms with Gasteiger partial charge in [-0.15, -0.1) is 0 Å². The van der Waals surface area contributed by atoms with Crippen molar-refractivity contribution in [2.45, 2.75) is 49.6 Å². The van der Waals surface area contributed by atoms with Crippen LogP contribution in [0.15, 0.2) is 16.0 Å². The fourth-order valence-corrected chi connectivity index (χ4v) is 6.05. The van der Waals surface area contributed by atoms with E-state index < -0.39 is 40.8 Å². The summed E-state index contributed by atoms with van der Waals surface area (Å²) >= 11 is 0. The monoisotopic (exact) mass is 664 g/mol. The van der Waals surface area contributed by atoms with E-state index >= 15 is 0 Å². The van der Waals surface area contributed by atoms with Crippen molar-refractivity contribution in [1.82, 2.24) is 24.8 Å². The van der Waals surface area contributed by atoms with Gasteiger partial charge in [-0.25, -0.2) is 4.99 Å². The molecule has 1 saturated heterocycles. The van der Waals surface area contributed by atoms with Gasteiger partial charge in [-0.3, -0.25) is 14.6 Å². The van der Waals surface area contributed by atoms with E-state index in [9.17, 15) is 27.9 Å². The number of amides is 1. The first kappa shape index (κ1) is 35.7.